The summed E-state index contributed by atoms with van der Waals surface area (Å²) < 4.78 is 0. The highest BCUT2D eigenvalue weighted by atomic mass is 16.2. The highest BCUT2D eigenvalue weighted by Gasteiger charge is 2.27. The lowest BCUT2D eigenvalue weighted by Gasteiger charge is -2.36. The zero-order chi connectivity index (χ0) is 15.9. The van der Waals surface area contributed by atoms with Gasteiger partial charge in [-0.1, -0.05) is 42.5 Å². The zero-order valence-corrected chi connectivity index (χ0v) is 13.8. The van der Waals surface area contributed by atoms with Crippen molar-refractivity contribution in [1.29, 1.82) is 0 Å². The van der Waals surface area contributed by atoms with Crippen molar-refractivity contribution in [3.63, 3.8) is 0 Å². The second-order valence-corrected chi connectivity index (χ2v) is 6.48. The molecule has 1 aromatic carbocycles. The molecule has 2 heterocycles. The van der Waals surface area contributed by atoms with Crippen molar-refractivity contribution in [3.8, 4) is 0 Å². The molecule has 1 aromatic rings. The summed E-state index contributed by atoms with van der Waals surface area (Å²) in [5, 5.41) is 3.34. The van der Waals surface area contributed by atoms with Gasteiger partial charge in [-0.2, -0.15) is 0 Å². The van der Waals surface area contributed by atoms with Crippen LogP contribution < -0.4 is 5.32 Å². The summed E-state index contributed by atoms with van der Waals surface area (Å²) in [4.78, 5) is 17.0. The molecule has 2 fully saturated rings. The Balaban J connectivity index is 1.41. The molecule has 2 saturated heterocycles. The Kier molecular flexibility index (Phi) is 5.83. The Morgan fingerprint density at radius 3 is 2.65 bits per heavy atom. The maximum absolute atomic E-state index is 12.5. The van der Waals surface area contributed by atoms with Crippen LogP contribution in [0.4, 0.5) is 0 Å². The Labute approximate surface area is 139 Å². The smallest absolute Gasteiger partial charge is 0.227 e. The molecule has 4 nitrogen and oxygen atoms in total. The number of carbonyl (C=O) groups excluding carboxylic acids is 1. The molecule has 124 valence electrons. The van der Waals surface area contributed by atoms with Crippen molar-refractivity contribution in [1.82, 2.24) is 15.1 Å². The van der Waals surface area contributed by atoms with Gasteiger partial charge in [0.1, 0.15) is 0 Å². The molecule has 1 N–H and O–H groups in total. The van der Waals surface area contributed by atoms with E-state index in [4.69, 9.17) is 0 Å². The lowest BCUT2D eigenvalue weighted by Crippen LogP contribution is -2.52. The van der Waals surface area contributed by atoms with E-state index in [-0.39, 0.29) is 5.92 Å². The van der Waals surface area contributed by atoms with E-state index >= 15 is 0 Å². The largest absolute Gasteiger partial charge is 0.340 e. The van der Waals surface area contributed by atoms with Gasteiger partial charge in [0.25, 0.3) is 0 Å². The average molecular weight is 313 g/mol. The van der Waals surface area contributed by atoms with Crippen LogP contribution in [-0.4, -0.2) is 61.5 Å². The quantitative estimate of drug-likeness (QED) is 0.921. The molecule has 2 aliphatic rings. The van der Waals surface area contributed by atoms with Crippen LogP contribution in [0.3, 0.4) is 0 Å². The summed E-state index contributed by atoms with van der Waals surface area (Å²) in [5.41, 5.74) is 1.24. The van der Waals surface area contributed by atoms with E-state index in [0.717, 1.165) is 58.7 Å². The maximum atomic E-state index is 12.5. The first-order valence-electron chi connectivity index (χ1n) is 8.76. The van der Waals surface area contributed by atoms with Crippen LogP contribution in [0.25, 0.3) is 6.08 Å². The predicted molar refractivity (Wildman–Crippen MR) is 94.1 cm³/mol. The summed E-state index contributed by atoms with van der Waals surface area (Å²) in [6, 6.07) is 10.4. The number of hydrogen-bond donors (Lipinski definition) is 1. The van der Waals surface area contributed by atoms with Crippen LogP contribution in [0, 0.1) is 5.92 Å². The first-order chi connectivity index (χ1) is 11.3. The Morgan fingerprint density at radius 2 is 1.96 bits per heavy atom. The van der Waals surface area contributed by atoms with Crippen molar-refractivity contribution >= 4 is 12.0 Å². The van der Waals surface area contributed by atoms with Crippen molar-refractivity contribution < 1.29 is 4.79 Å². The summed E-state index contributed by atoms with van der Waals surface area (Å²) in [6.45, 7) is 6.57. The molecule has 4 heteroatoms. The van der Waals surface area contributed by atoms with E-state index in [1.54, 1.807) is 0 Å². The molecule has 23 heavy (non-hydrogen) atoms. The Hall–Kier alpha value is -1.65. The van der Waals surface area contributed by atoms with Gasteiger partial charge in [0.05, 0.1) is 5.92 Å². The van der Waals surface area contributed by atoms with E-state index in [9.17, 15) is 4.79 Å². The van der Waals surface area contributed by atoms with Crippen molar-refractivity contribution in [2.75, 3.05) is 45.8 Å². The number of hydrogen-bond acceptors (Lipinski definition) is 3. The van der Waals surface area contributed by atoms with Gasteiger partial charge in [-0.3, -0.25) is 9.69 Å². The summed E-state index contributed by atoms with van der Waals surface area (Å²) in [7, 11) is 0. The van der Waals surface area contributed by atoms with Crippen LogP contribution >= 0.6 is 0 Å². The van der Waals surface area contributed by atoms with Crippen LogP contribution in [-0.2, 0) is 4.79 Å². The molecular formula is C19H27N3O. The predicted octanol–water partition coefficient (Wildman–Crippen LogP) is 1.84. The van der Waals surface area contributed by atoms with Gasteiger partial charge in [-0.25, -0.2) is 0 Å². The number of nitrogens with one attached hydrogen (secondary N) is 1. The fraction of sp³-hybridized carbons (Fsp3) is 0.526. The molecule has 0 bridgehead atoms. The third kappa shape index (κ3) is 4.66. The number of nitrogens with zero attached hydrogens (tertiary/aromatic N) is 2. The minimum Gasteiger partial charge on any atom is -0.340 e. The summed E-state index contributed by atoms with van der Waals surface area (Å²) in [6.07, 6.45) is 6.57. The molecule has 0 radical (unpaired) electrons. The lowest BCUT2D eigenvalue weighted by atomic mass is 9.98. The molecular weight excluding hydrogens is 286 g/mol. The van der Waals surface area contributed by atoms with Crippen LogP contribution in [0.5, 0.6) is 0 Å². The standard InChI is InChI=1S/C19H27N3O/c23-19(18-9-4-10-20-16-18)22-14-12-21(13-15-22)11-5-8-17-6-2-1-3-7-17/h1-3,5-8,18,20H,4,9-16H2/b8-5+/t18-/m0/s1. The second-order valence-electron chi connectivity index (χ2n) is 6.48. The first kappa shape index (κ1) is 16.2. The Morgan fingerprint density at radius 1 is 1.17 bits per heavy atom. The van der Waals surface area contributed by atoms with Gasteiger partial charge in [0, 0.05) is 39.3 Å². The molecule has 0 spiro atoms. The molecule has 1 atom stereocenters. The van der Waals surface area contributed by atoms with Gasteiger partial charge < -0.3 is 10.2 Å². The van der Waals surface area contributed by atoms with Gasteiger partial charge in [-0.15, -0.1) is 0 Å². The molecule has 0 unspecified atom stereocenters. The number of benzene rings is 1. The number of carbonyl (C=O) groups is 1. The number of rotatable bonds is 4. The minimum atomic E-state index is 0.202. The Bertz CT molecular complexity index is 515. The first-order valence-corrected chi connectivity index (χ1v) is 8.76. The number of piperazine rings is 1. The van der Waals surface area contributed by atoms with Crippen molar-refractivity contribution in [3.05, 3.63) is 42.0 Å². The van der Waals surface area contributed by atoms with E-state index in [1.165, 1.54) is 5.56 Å². The second kappa shape index (κ2) is 8.27. The monoisotopic (exact) mass is 313 g/mol. The molecule has 3 rings (SSSR count). The third-order valence-electron chi connectivity index (χ3n) is 4.80. The molecule has 1 amide bonds. The number of amides is 1. The highest BCUT2D eigenvalue weighted by Crippen LogP contribution is 2.15. The lowest BCUT2D eigenvalue weighted by molar-refractivity contribution is -0.137. The third-order valence-corrected chi connectivity index (χ3v) is 4.80. The van der Waals surface area contributed by atoms with E-state index in [2.05, 4.69) is 51.5 Å². The summed E-state index contributed by atoms with van der Waals surface area (Å²) in [5.74, 6) is 0.560. The topological polar surface area (TPSA) is 35.6 Å². The van der Waals surface area contributed by atoms with Crippen LogP contribution in [0.1, 0.15) is 18.4 Å². The van der Waals surface area contributed by atoms with Crippen molar-refractivity contribution in [2.24, 2.45) is 5.92 Å². The zero-order valence-electron chi connectivity index (χ0n) is 13.8. The van der Waals surface area contributed by atoms with E-state index in [0.29, 0.717) is 5.91 Å². The molecule has 2 aliphatic heterocycles. The highest BCUT2D eigenvalue weighted by molar-refractivity contribution is 5.79. The molecule has 0 aliphatic carbocycles. The average Bonchev–Trinajstić information content (AvgIpc) is 2.63. The van der Waals surface area contributed by atoms with Crippen LogP contribution in [0.2, 0.25) is 0 Å². The van der Waals surface area contributed by atoms with Crippen molar-refractivity contribution in [2.45, 2.75) is 12.8 Å². The fourth-order valence-electron chi connectivity index (χ4n) is 3.37. The normalized spacial score (nSPS) is 23.3. The van der Waals surface area contributed by atoms with E-state index in [1.807, 2.05) is 6.07 Å². The SMILES string of the molecule is O=C([C@H]1CCCNC1)N1CCN(C/C=C/c2ccccc2)CC1. The van der Waals surface area contributed by atoms with Gasteiger partial charge in [0.2, 0.25) is 5.91 Å². The van der Waals surface area contributed by atoms with Gasteiger partial charge in [-0.05, 0) is 24.9 Å². The molecule has 0 saturated carbocycles. The van der Waals surface area contributed by atoms with Crippen LogP contribution in [0.15, 0.2) is 36.4 Å². The van der Waals surface area contributed by atoms with E-state index < -0.39 is 0 Å². The summed E-state index contributed by atoms with van der Waals surface area (Å²) >= 11 is 0. The minimum absolute atomic E-state index is 0.202. The van der Waals surface area contributed by atoms with Gasteiger partial charge >= 0.3 is 0 Å². The van der Waals surface area contributed by atoms with Gasteiger partial charge in [0.15, 0.2) is 0 Å². The maximum Gasteiger partial charge on any atom is 0.227 e. The number of piperidine rings is 1. The fourth-order valence-corrected chi connectivity index (χ4v) is 3.37. The molecule has 0 aromatic heterocycles.